The molecule has 0 bridgehead atoms. The van der Waals surface area contributed by atoms with Crippen LogP contribution in [0.4, 0.5) is 5.69 Å². The first-order chi connectivity index (χ1) is 11.9. The van der Waals surface area contributed by atoms with Gasteiger partial charge in [-0.1, -0.05) is 51.1 Å². The molecule has 0 aliphatic carbocycles. The fourth-order valence-corrected chi connectivity index (χ4v) is 3.37. The van der Waals surface area contributed by atoms with Crippen molar-refractivity contribution in [3.05, 3.63) is 65.7 Å². The van der Waals surface area contributed by atoms with Crippen LogP contribution in [0.3, 0.4) is 0 Å². The van der Waals surface area contributed by atoms with Gasteiger partial charge in [-0.2, -0.15) is 0 Å². The summed E-state index contributed by atoms with van der Waals surface area (Å²) >= 11 is 0. The number of piperazine rings is 1. The van der Waals surface area contributed by atoms with Crippen molar-refractivity contribution in [3.8, 4) is 0 Å². The van der Waals surface area contributed by atoms with Crippen molar-refractivity contribution in [1.29, 1.82) is 0 Å². The number of anilines is 1. The average molecular weight is 336 g/mol. The van der Waals surface area contributed by atoms with Crippen LogP contribution in [0.15, 0.2) is 54.6 Å². The molecular weight excluding hydrogens is 308 g/mol. The maximum atomic E-state index is 12.7. The van der Waals surface area contributed by atoms with E-state index in [0.29, 0.717) is 0 Å². The Bertz CT molecular complexity index is 693. The minimum atomic E-state index is 0.148. The van der Waals surface area contributed by atoms with Crippen LogP contribution in [-0.2, 0) is 6.42 Å². The molecule has 0 aromatic heterocycles. The van der Waals surface area contributed by atoms with Crippen molar-refractivity contribution in [1.82, 2.24) is 4.90 Å². The van der Waals surface area contributed by atoms with E-state index in [4.69, 9.17) is 0 Å². The number of para-hydroxylation sites is 1. The maximum absolute atomic E-state index is 12.7. The van der Waals surface area contributed by atoms with Gasteiger partial charge in [0.25, 0.3) is 5.91 Å². The molecular formula is C22H28N2O. The molecule has 3 nitrogen and oxygen atoms in total. The third-order valence-electron chi connectivity index (χ3n) is 4.62. The smallest absolute Gasteiger partial charge is 0.253 e. The Kier molecular flexibility index (Phi) is 5.12. The number of nitrogens with zero attached hydrogens (tertiary/aromatic N) is 2. The van der Waals surface area contributed by atoms with Crippen LogP contribution in [0.25, 0.3) is 0 Å². The molecule has 3 rings (SSSR count). The average Bonchev–Trinajstić information content (AvgIpc) is 2.61. The second-order valence-electron chi connectivity index (χ2n) is 8.05. The highest BCUT2D eigenvalue weighted by molar-refractivity contribution is 5.94. The molecule has 1 heterocycles. The van der Waals surface area contributed by atoms with Gasteiger partial charge in [-0.25, -0.2) is 0 Å². The Morgan fingerprint density at radius 3 is 2.04 bits per heavy atom. The first-order valence-electron chi connectivity index (χ1n) is 9.11. The monoisotopic (exact) mass is 336 g/mol. The van der Waals surface area contributed by atoms with Crippen LogP contribution in [0.2, 0.25) is 0 Å². The molecule has 0 atom stereocenters. The van der Waals surface area contributed by atoms with Gasteiger partial charge in [0.1, 0.15) is 0 Å². The van der Waals surface area contributed by atoms with E-state index in [1.165, 1.54) is 11.3 Å². The van der Waals surface area contributed by atoms with Crippen molar-refractivity contribution in [2.75, 3.05) is 31.1 Å². The van der Waals surface area contributed by atoms with Gasteiger partial charge in [0.2, 0.25) is 0 Å². The lowest BCUT2D eigenvalue weighted by Crippen LogP contribution is -2.48. The predicted molar refractivity (Wildman–Crippen MR) is 104 cm³/mol. The van der Waals surface area contributed by atoms with Gasteiger partial charge in [-0.05, 0) is 41.7 Å². The van der Waals surface area contributed by atoms with E-state index in [1.807, 2.05) is 23.1 Å². The number of hydrogen-bond acceptors (Lipinski definition) is 2. The van der Waals surface area contributed by atoms with Crippen LogP contribution >= 0.6 is 0 Å². The van der Waals surface area contributed by atoms with Gasteiger partial charge in [-0.15, -0.1) is 0 Å². The molecule has 1 fully saturated rings. The van der Waals surface area contributed by atoms with E-state index in [-0.39, 0.29) is 11.3 Å². The summed E-state index contributed by atoms with van der Waals surface area (Å²) in [5, 5.41) is 0. The molecule has 2 aromatic rings. The first kappa shape index (κ1) is 17.5. The molecule has 0 saturated carbocycles. The third-order valence-corrected chi connectivity index (χ3v) is 4.62. The highest BCUT2D eigenvalue weighted by Crippen LogP contribution is 2.21. The quantitative estimate of drug-likeness (QED) is 0.837. The fourth-order valence-electron chi connectivity index (χ4n) is 3.37. The number of amides is 1. The third kappa shape index (κ3) is 4.62. The van der Waals surface area contributed by atoms with Crippen LogP contribution in [0.5, 0.6) is 0 Å². The van der Waals surface area contributed by atoms with Crippen molar-refractivity contribution in [2.45, 2.75) is 27.2 Å². The highest BCUT2D eigenvalue weighted by atomic mass is 16.2. The molecule has 0 N–H and O–H groups in total. The summed E-state index contributed by atoms with van der Waals surface area (Å²) in [4.78, 5) is 17.1. The number of rotatable bonds is 3. The van der Waals surface area contributed by atoms with Gasteiger partial charge < -0.3 is 9.80 Å². The zero-order chi connectivity index (χ0) is 17.9. The lowest BCUT2D eigenvalue weighted by molar-refractivity contribution is 0.0747. The van der Waals surface area contributed by atoms with Gasteiger partial charge in [0.05, 0.1) is 0 Å². The summed E-state index contributed by atoms with van der Waals surface area (Å²) in [6.07, 6.45) is 1.03. The first-order valence-corrected chi connectivity index (χ1v) is 9.11. The summed E-state index contributed by atoms with van der Waals surface area (Å²) in [5.41, 5.74) is 3.59. The molecule has 1 aliphatic rings. The van der Waals surface area contributed by atoms with Crippen molar-refractivity contribution >= 4 is 11.6 Å². The zero-order valence-electron chi connectivity index (χ0n) is 15.5. The Morgan fingerprint density at radius 1 is 0.880 bits per heavy atom. The summed E-state index contributed by atoms with van der Waals surface area (Å²) < 4.78 is 0. The van der Waals surface area contributed by atoms with E-state index < -0.39 is 0 Å². The Morgan fingerprint density at radius 2 is 1.48 bits per heavy atom. The minimum absolute atomic E-state index is 0.148. The predicted octanol–water partition coefficient (Wildman–Crippen LogP) is 4.24. The molecule has 2 aromatic carbocycles. The molecule has 0 radical (unpaired) electrons. The van der Waals surface area contributed by atoms with Crippen LogP contribution in [0.1, 0.15) is 36.7 Å². The van der Waals surface area contributed by atoms with E-state index >= 15 is 0 Å². The van der Waals surface area contributed by atoms with E-state index in [2.05, 4.69) is 62.1 Å². The van der Waals surface area contributed by atoms with Gasteiger partial charge in [0, 0.05) is 37.4 Å². The van der Waals surface area contributed by atoms with Gasteiger partial charge >= 0.3 is 0 Å². The summed E-state index contributed by atoms with van der Waals surface area (Å²) in [6.45, 7) is 10.0. The summed E-state index contributed by atoms with van der Waals surface area (Å²) in [5.74, 6) is 0.148. The summed E-state index contributed by atoms with van der Waals surface area (Å²) in [6, 6.07) is 18.6. The lowest BCUT2D eigenvalue weighted by Gasteiger charge is -2.36. The van der Waals surface area contributed by atoms with Crippen LogP contribution in [0, 0.1) is 5.41 Å². The van der Waals surface area contributed by atoms with E-state index in [1.54, 1.807) is 0 Å². The molecule has 25 heavy (non-hydrogen) atoms. The summed E-state index contributed by atoms with van der Waals surface area (Å²) in [7, 11) is 0. The topological polar surface area (TPSA) is 23.6 Å². The zero-order valence-corrected chi connectivity index (χ0v) is 15.5. The minimum Gasteiger partial charge on any atom is -0.368 e. The van der Waals surface area contributed by atoms with Gasteiger partial charge in [-0.3, -0.25) is 4.79 Å². The number of carbonyl (C=O) groups is 1. The standard InChI is InChI=1S/C22H28N2O/c1-22(2,3)17-18-9-11-19(12-10-18)21(25)24-15-13-23(14-16-24)20-7-5-4-6-8-20/h4-12H,13-17H2,1-3H3. The highest BCUT2D eigenvalue weighted by Gasteiger charge is 2.22. The SMILES string of the molecule is CC(C)(C)Cc1ccc(C(=O)N2CCN(c3ccccc3)CC2)cc1. The molecule has 0 spiro atoms. The number of carbonyl (C=O) groups excluding carboxylic acids is 1. The lowest BCUT2D eigenvalue weighted by atomic mass is 9.88. The van der Waals surface area contributed by atoms with Gasteiger partial charge in [0.15, 0.2) is 0 Å². The molecule has 1 aliphatic heterocycles. The van der Waals surface area contributed by atoms with E-state index in [9.17, 15) is 4.79 Å². The maximum Gasteiger partial charge on any atom is 0.253 e. The number of benzene rings is 2. The molecule has 0 unspecified atom stereocenters. The fraction of sp³-hybridized carbons (Fsp3) is 0.409. The number of hydrogen-bond donors (Lipinski definition) is 0. The Hall–Kier alpha value is -2.29. The van der Waals surface area contributed by atoms with E-state index in [0.717, 1.165) is 38.2 Å². The molecule has 1 saturated heterocycles. The molecule has 1 amide bonds. The Labute approximate surface area is 151 Å². The van der Waals surface area contributed by atoms with Crippen LogP contribution in [-0.4, -0.2) is 37.0 Å². The van der Waals surface area contributed by atoms with Crippen molar-refractivity contribution < 1.29 is 4.79 Å². The van der Waals surface area contributed by atoms with Crippen LogP contribution < -0.4 is 4.90 Å². The normalized spacial score (nSPS) is 15.3. The second kappa shape index (κ2) is 7.30. The molecule has 132 valence electrons. The molecule has 3 heteroatoms. The Balaban J connectivity index is 1.59. The van der Waals surface area contributed by atoms with Crippen molar-refractivity contribution in [3.63, 3.8) is 0 Å². The largest absolute Gasteiger partial charge is 0.368 e. The second-order valence-corrected chi connectivity index (χ2v) is 8.05. The van der Waals surface area contributed by atoms with Crippen molar-refractivity contribution in [2.24, 2.45) is 5.41 Å².